The molecule has 1 amide bonds. The van der Waals surface area contributed by atoms with Crippen LogP contribution in [0.2, 0.25) is 0 Å². The first-order chi connectivity index (χ1) is 16.5. The first-order valence-corrected chi connectivity index (χ1v) is 11.1. The van der Waals surface area contributed by atoms with Crippen LogP contribution in [-0.2, 0) is 6.54 Å². The SMILES string of the molecule is COc1ccc(-c2nc(-c3noc4ccc(C(=O)NCc5ccc(F)c(F)c5)cc34)cs2)cc1. The molecule has 0 atom stereocenters. The highest BCUT2D eigenvalue weighted by molar-refractivity contribution is 7.13. The summed E-state index contributed by atoms with van der Waals surface area (Å²) in [5, 5.41) is 10.2. The van der Waals surface area contributed by atoms with Gasteiger partial charge >= 0.3 is 0 Å². The van der Waals surface area contributed by atoms with Crippen LogP contribution in [0.15, 0.2) is 70.6 Å². The molecule has 170 valence electrons. The van der Waals surface area contributed by atoms with Gasteiger partial charge in [0.2, 0.25) is 0 Å². The van der Waals surface area contributed by atoms with Gasteiger partial charge in [-0.15, -0.1) is 11.3 Å². The summed E-state index contributed by atoms with van der Waals surface area (Å²) >= 11 is 1.47. The van der Waals surface area contributed by atoms with Gasteiger partial charge in [-0.2, -0.15) is 0 Å². The Bertz CT molecular complexity index is 1500. The van der Waals surface area contributed by atoms with E-state index >= 15 is 0 Å². The Kier molecular flexibility index (Phi) is 5.77. The number of hydrogen-bond acceptors (Lipinski definition) is 6. The summed E-state index contributed by atoms with van der Waals surface area (Å²) in [6, 6.07) is 16.0. The van der Waals surface area contributed by atoms with Gasteiger partial charge in [-0.25, -0.2) is 13.8 Å². The van der Waals surface area contributed by atoms with Gasteiger partial charge in [0.05, 0.1) is 12.5 Å². The molecule has 6 nitrogen and oxygen atoms in total. The minimum absolute atomic E-state index is 0.0574. The molecule has 9 heteroatoms. The minimum Gasteiger partial charge on any atom is -0.497 e. The van der Waals surface area contributed by atoms with E-state index in [2.05, 4.69) is 15.5 Å². The zero-order chi connectivity index (χ0) is 23.7. The minimum atomic E-state index is -0.959. The molecule has 0 saturated heterocycles. The molecule has 1 N–H and O–H groups in total. The number of halogens is 2. The van der Waals surface area contributed by atoms with Gasteiger partial charge in [-0.3, -0.25) is 4.79 Å². The van der Waals surface area contributed by atoms with Crippen LogP contribution in [0.4, 0.5) is 8.78 Å². The highest BCUT2D eigenvalue weighted by atomic mass is 32.1. The van der Waals surface area contributed by atoms with Crippen molar-refractivity contribution in [2.75, 3.05) is 7.11 Å². The van der Waals surface area contributed by atoms with Crippen LogP contribution in [-0.4, -0.2) is 23.2 Å². The van der Waals surface area contributed by atoms with Crippen molar-refractivity contribution in [3.63, 3.8) is 0 Å². The lowest BCUT2D eigenvalue weighted by molar-refractivity contribution is 0.0951. The maximum absolute atomic E-state index is 13.4. The summed E-state index contributed by atoms with van der Waals surface area (Å²) in [4.78, 5) is 17.4. The number of rotatable bonds is 6. The largest absolute Gasteiger partial charge is 0.497 e. The number of ether oxygens (including phenoxy) is 1. The van der Waals surface area contributed by atoms with Crippen molar-refractivity contribution < 1.29 is 22.8 Å². The average Bonchev–Trinajstić information content (AvgIpc) is 3.51. The third-order valence-electron chi connectivity index (χ3n) is 5.25. The van der Waals surface area contributed by atoms with Crippen molar-refractivity contribution in [2.24, 2.45) is 0 Å². The number of carbonyl (C=O) groups excluding carboxylic acids is 1. The second-order valence-electron chi connectivity index (χ2n) is 7.44. The number of benzene rings is 3. The monoisotopic (exact) mass is 477 g/mol. The third kappa shape index (κ3) is 4.25. The molecule has 0 unspecified atom stereocenters. The predicted molar refractivity (Wildman–Crippen MR) is 125 cm³/mol. The third-order valence-corrected chi connectivity index (χ3v) is 6.14. The molecule has 2 heterocycles. The fourth-order valence-electron chi connectivity index (χ4n) is 3.45. The average molecular weight is 477 g/mol. The lowest BCUT2D eigenvalue weighted by atomic mass is 10.1. The summed E-state index contributed by atoms with van der Waals surface area (Å²) in [6.07, 6.45) is 0. The van der Waals surface area contributed by atoms with E-state index in [-0.39, 0.29) is 12.5 Å². The molecule has 2 aromatic heterocycles. The molecule has 5 aromatic rings. The van der Waals surface area contributed by atoms with Gasteiger partial charge in [-0.1, -0.05) is 11.2 Å². The van der Waals surface area contributed by atoms with E-state index in [0.717, 1.165) is 28.5 Å². The number of methoxy groups -OCH3 is 1. The van der Waals surface area contributed by atoms with E-state index in [9.17, 15) is 13.6 Å². The maximum atomic E-state index is 13.4. The number of carbonyl (C=O) groups is 1. The quantitative estimate of drug-likeness (QED) is 0.333. The van der Waals surface area contributed by atoms with E-state index in [1.54, 1.807) is 25.3 Å². The summed E-state index contributed by atoms with van der Waals surface area (Å²) in [5.74, 6) is -1.49. The van der Waals surface area contributed by atoms with Gasteiger partial charge in [0.1, 0.15) is 22.1 Å². The van der Waals surface area contributed by atoms with Crippen LogP contribution in [0.3, 0.4) is 0 Å². The van der Waals surface area contributed by atoms with Gasteiger partial charge in [0.25, 0.3) is 5.91 Å². The summed E-state index contributed by atoms with van der Waals surface area (Å²) in [7, 11) is 1.61. The Hall–Kier alpha value is -4.11. The molecule has 0 aliphatic carbocycles. The predicted octanol–water partition coefficient (Wildman–Crippen LogP) is 5.84. The molecular weight excluding hydrogens is 460 g/mol. The van der Waals surface area contributed by atoms with Crippen molar-refractivity contribution in [3.8, 4) is 27.7 Å². The van der Waals surface area contributed by atoms with E-state index in [0.29, 0.717) is 33.5 Å². The summed E-state index contributed by atoms with van der Waals surface area (Å²) in [5.41, 5.74) is 3.46. The number of hydrogen-bond donors (Lipinski definition) is 1. The number of amides is 1. The molecule has 0 saturated carbocycles. The zero-order valence-electron chi connectivity index (χ0n) is 17.8. The van der Waals surface area contributed by atoms with Crippen LogP contribution < -0.4 is 10.1 Å². The van der Waals surface area contributed by atoms with Gasteiger partial charge in [0, 0.05) is 23.1 Å². The molecule has 0 aliphatic rings. The number of thiazole rings is 1. The van der Waals surface area contributed by atoms with E-state index in [1.165, 1.54) is 17.4 Å². The topological polar surface area (TPSA) is 77.2 Å². The first kappa shape index (κ1) is 21.7. The van der Waals surface area contributed by atoms with E-state index < -0.39 is 11.6 Å². The fourth-order valence-corrected chi connectivity index (χ4v) is 4.26. The molecule has 0 aliphatic heterocycles. The molecule has 0 radical (unpaired) electrons. The lowest BCUT2D eigenvalue weighted by Gasteiger charge is -2.06. The van der Waals surface area contributed by atoms with Crippen LogP contribution in [0, 0.1) is 11.6 Å². The van der Waals surface area contributed by atoms with Crippen molar-refractivity contribution >= 4 is 28.2 Å². The van der Waals surface area contributed by atoms with E-state index in [1.807, 2.05) is 29.6 Å². The normalized spacial score (nSPS) is 11.0. The fraction of sp³-hybridized carbons (Fsp3) is 0.0800. The van der Waals surface area contributed by atoms with Crippen LogP contribution in [0.1, 0.15) is 15.9 Å². The van der Waals surface area contributed by atoms with Gasteiger partial charge in [-0.05, 0) is 60.2 Å². The molecule has 0 spiro atoms. The smallest absolute Gasteiger partial charge is 0.251 e. The van der Waals surface area contributed by atoms with Crippen LogP contribution in [0.5, 0.6) is 5.75 Å². The highest BCUT2D eigenvalue weighted by Crippen LogP contribution is 2.33. The second-order valence-corrected chi connectivity index (χ2v) is 8.30. The molecule has 0 fully saturated rings. The first-order valence-electron chi connectivity index (χ1n) is 10.2. The second kappa shape index (κ2) is 9.03. The molecule has 34 heavy (non-hydrogen) atoms. The van der Waals surface area contributed by atoms with Crippen molar-refractivity contribution in [3.05, 3.63) is 88.8 Å². The number of nitrogens with one attached hydrogen (secondary N) is 1. The molecule has 3 aromatic carbocycles. The number of aromatic nitrogens is 2. The maximum Gasteiger partial charge on any atom is 0.251 e. The zero-order valence-corrected chi connectivity index (χ0v) is 18.7. The standard InChI is InChI=1S/C25H17F2N3O3S/c1-32-17-6-3-15(4-7-17)25-29-21(13-34-25)23-18-11-16(5-9-22(18)33-30-23)24(31)28-12-14-2-8-19(26)20(27)10-14/h2-11,13H,12H2,1H3,(H,28,31). The number of nitrogens with zero attached hydrogens (tertiary/aromatic N) is 2. The Morgan fingerprint density at radius 3 is 2.65 bits per heavy atom. The van der Waals surface area contributed by atoms with Crippen molar-refractivity contribution in [1.82, 2.24) is 15.5 Å². The van der Waals surface area contributed by atoms with Crippen LogP contribution >= 0.6 is 11.3 Å². The molecular formula is C25H17F2N3O3S. The Morgan fingerprint density at radius 1 is 1.06 bits per heavy atom. The Balaban J connectivity index is 1.38. The van der Waals surface area contributed by atoms with Crippen molar-refractivity contribution in [1.29, 1.82) is 0 Å². The van der Waals surface area contributed by atoms with Gasteiger partial charge in [0.15, 0.2) is 17.2 Å². The lowest BCUT2D eigenvalue weighted by Crippen LogP contribution is -2.22. The molecule has 5 rings (SSSR count). The highest BCUT2D eigenvalue weighted by Gasteiger charge is 2.17. The number of fused-ring (bicyclic) bond motifs is 1. The van der Waals surface area contributed by atoms with Gasteiger partial charge < -0.3 is 14.6 Å². The van der Waals surface area contributed by atoms with Crippen molar-refractivity contribution in [2.45, 2.75) is 6.54 Å². The summed E-state index contributed by atoms with van der Waals surface area (Å²) in [6.45, 7) is 0.0574. The Morgan fingerprint density at radius 2 is 1.88 bits per heavy atom. The molecule has 0 bridgehead atoms. The summed E-state index contributed by atoms with van der Waals surface area (Å²) < 4.78 is 37.1. The Labute approximate surface area is 196 Å². The van der Waals surface area contributed by atoms with Crippen LogP contribution in [0.25, 0.3) is 32.9 Å². The van der Waals surface area contributed by atoms with E-state index in [4.69, 9.17) is 9.26 Å².